The number of H-pyrrole nitrogens is 1. The molecule has 1 aliphatic heterocycles. The Morgan fingerprint density at radius 3 is 2.95 bits per heavy atom. The van der Waals surface area contributed by atoms with E-state index in [0.29, 0.717) is 12.0 Å². The maximum atomic E-state index is 11.8. The van der Waals surface area contributed by atoms with Gasteiger partial charge in [-0.05, 0) is 6.92 Å². The highest BCUT2D eigenvalue weighted by atomic mass is 79.9. The van der Waals surface area contributed by atoms with Crippen molar-refractivity contribution < 1.29 is 14.6 Å². The number of amides is 1. The van der Waals surface area contributed by atoms with E-state index in [1.54, 1.807) is 6.92 Å². The molecule has 1 aromatic rings. The molecule has 1 aromatic heterocycles. The summed E-state index contributed by atoms with van der Waals surface area (Å²) in [7, 11) is 0. The van der Waals surface area contributed by atoms with Gasteiger partial charge < -0.3 is 15.2 Å². The van der Waals surface area contributed by atoms with Gasteiger partial charge in [0, 0.05) is 18.2 Å². The normalized spacial score (nSPS) is 25.0. The number of ether oxygens (including phenoxy) is 1. The molecule has 0 spiro atoms. The highest BCUT2D eigenvalue weighted by Gasteiger charge is 2.37. The molecule has 1 amide bonds. The van der Waals surface area contributed by atoms with Crippen molar-refractivity contribution in [3.8, 4) is 0 Å². The standard InChI is InChI=1S/C12H16BrN3O5/c1-6-4-16(12(20)15-11(6)19)10-2-7(8(5-17)21-10)14-9(18)3-13/h4,7-8,10,17H,2-3,5H2,1H3,(H,14,18)(H,15,19,20)/t7?,8-,10-/m1/s1. The van der Waals surface area contributed by atoms with Gasteiger partial charge in [-0.2, -0.15) is 0 Å². The minimum atomic E-state index is -0.647. The molecule has 116 valence electrons. The van der Waals surface area contributed by atoms with Crippen molar-refractivity contribution >= 4 is 21.8 Å². The van der Waals surface area contributed by atoms with Crippen LogP contribution in [0.4, 0.5) is 0 Å². The van der Waals surface area contributed by atoms with Crippen molar-refractivity contribution in [1.82, 2.24) is 14.9 Å². The first kappa shape index (κ1) is 15.9. The van der Waals surface area contributed by atoms with Gasteiger partial charge in [-0.15, -0.1) is 0 Å². The molecule has 1 fully saturated rings. The SMILES string of the molecule is Cc1cn([C@H]2CC(NC(=O)CBr)[C@@H](CO)O2)c(=O)[nH]c1=O. The Labute approximate surface area is 128 Å². The Morgan fingerprint density at radius 2 is 2.33 bits per heavy atom. The first-order valence-electron chi connectivity index (χ1n) is 6.40. The number of carbonyl (C=O) groups is 1. The van der Waals surface area contributed by atoms with Gasteiger partial charge in [0.1, 0.15) is 12.3 Å². The fourth-order valence-corrected chi connectivity index (χ4v) is 2.43. The largest absolute Gasteiger partial charge is 0.394 e. The first-order valence-corrected chi connectivity index (χ1v) is 7.52. The van der Waals surface area contributed by atoms with Gasteiger partial charge in [0.05, 0.1) is 18.0 Å². The predicted molar refractivity (Wildman–Crippen MR) is 77.4 cm³/mol. The highest BCUT2D eigenvalue weighted by molar-refractivity contribution is 9.09. The number of hydrogen-bond acceptors (Lipinski definition) is 5. The van der Waals surface area contributed by atoms with E-state index >= 15 is 0 Å². The molecule has 2 heterocycles. The lowest BCUT2D eigenvalue weighted by atomic mass is 10.1. The van der Waals surface area contributed by atoms with Crippen LogP contribution in [-0.2, 0) is 9.53 Å². The number of aliphatic hydroxyl groups is 1. The third-order valence-corrected chi connectivity index (χ3v) is 3.85. The summed E-state index contributed by atoms with van der Waals surface area (Å²) in [5.41, 5.74) is -0.649. The lowest BCUT2D eigenvalue weighted by Crippen LogP contribution is -2.42. The summed E-state index contributed by atoms with van der Waals surface area (Å²) >= 11 is 3.04. The zero-order valence-electron chi connectivity index (χ0n) is 11.3. The number of alkyl halides is 1. The molecule has 1 aliphatic rings. The van der Waals surface area contributed by atoms with Crippen LogP contribution < -0.4 is 16.6 Å². The van der Waals surface area contributed by atoms with Crippen LogP contribution in [0.15, 0.2) is 15.8 Å². The van der Waals surface area contributed by atoms with E-state index in [0.717, 1.165) is 0 Å². The predicted octanol–water partition coefficient (Wildman–Crippen LogP) is -0.995. The van der Waals surface area contributed by atoms with Crippen LogP contribution in [0.2, 0.25) is 0 Å². The van der Waals surface area contributed by atoms with Gasteiger partial charge in [0.15, 0.2) is 0 Å². The summed E-state index contributed by atoms with van der Waals surface area (Å²) in [6, 6.07) is -0.399. The molecule has 0 saturated carbocycles. The first-order chi connectivity index (χ1) is 9.96. The van der Waals surface area contributed by atoms with E-state index in [4.69, 9.17) is 4.74 Å². The molecular weight excluding hydrogens is 346 g/mol. The second kappa shape index (κ2) is 6.54. The number of rotatable bonds is 4. The molecule has 0 aliphatic carbocycles. The van der Waals surface area contributed by atoms with Gasteiger partial charge in [0.25, 0.3) is 5.56 Å². The minimum Gasteiger partial charge on any atom is -0.394 e. The molecule has 3 N–H and O–H groups in total. The zero-order valence-corrected chi connectivity index (χ0v) is 12.9. The fraction of sp³-hybridized carbons (Fsp3) is 0.583. The van der Waals surface area contributed by atoms with Crippen LogP contribution in [0.25, 0.3) is 0 Å². The maximum Gasteiger partial charge on any atom is 0.330 e. The second-order valence-corrected chi connectivity index (χ2v) is 5.39. The van der Waals surface area contributed by atoms with Crippen molar-refractivity contribution in [3.05, 3.63) is 32.6 Å². The Morgan fingerprint density at radius 1 is 1.62 bits per heavy atom. The summed E-state index contributed by atoms with van der Waals surface area (Å²) in [6.07, 6.45) is 0.493. The van der Waals surface area contributed by atoms with Gasteiger partial charge in [-0.25, -0.2) is 4.79 Å². The number of aromatic nitrogens is 2. The van der Waals surface area contributed by atoms with Gasteiger partial charge in [-0.3, -0.25) is 19.1 Å². The van der Waals surface area contributed by atoms with Crippen LogP contribution in [0.5, 0.6) is 0 Å². The third kappa shape index (κ3) is 3.42. The van der Waals surface area contributed by atoms with Crippen LogP contribution in [0.1, 0.15) is 18.2 Å². The fourth-order valence-electron chi connectivity index (χ4n) is 2.27. The average Bonchev–Trinajstić information content (AvgIpc) is 2.85. The lowest BCUT2D eigenvalue weighted by molar-refractivity contribution is -0.119. The summed E-state index contributed by atoms with van der Waals surface area (Å²) in [5.74, 6) is -0.229. The number of nitrogens with zero attached hydrogens (tertiary/aromatic N) is 1. The smallest absolute Gasteiger partial charge is 0.330 e. The highest BCUT2D eigenvalue weighted by Crippen LogP contribution is 2.27. The van der Waals surface area contributed by atoms with E-state index in [-0.39, 0.29) is 17.8 Å². The number of aromatic amines is 1. The van der Waals surface area contributed by atoms with Crippen LogP contribution in [-0.4, -0.2) is 44.6 Å². The van der Waals surface area contributed by atoms with Crippen LogP contribution >= 0.6 is 15.9 Å². The molecule has 2 rings (SSSR count). The molecule has 1 unspecified atom stereocenters. The van der Waals surface area contributed by atoms with E-state index in [2.05, 4.69) is 26.2 Å². The van der Waals surface area contributed by atoms with Gasteiger partial charge >= 0.3 is 5.69 Å². The molecule has 9 heteroatoms. The third-order valence-electron chi connectivity index (χ3n) is 3.34. The molecule has 3 atom stereocenters. The van der Waals surface area contributed by atoms with Gasteiger partial charge in [0.2, 0.25) is 5.91 Å². The van der Waals surface area contributed by atoms with Crippen molar-refractivity contribution in [2.24, 2.45) is 0 Å². The second-order valence-electron chi connectivity index (χ2n) is 4.83. The zero-order chi connectivity index (χ0) is 15.6. The molecule has 0 radical (unpaired) electrons. The monoisotopic (exact) mass is 361 g/mol. The Kier molecular flexibility index (Phi) is 4.96. The van der Waals surface area contributed by atoms with Crippen molar-refractivity contribution in [2.45, 2.75) is 31.7 Å². The number of aliphatic hydroxyl groups excluding tert-OH is 1. The van der Waals surface area contributed by atoms with E-state index in [1.165, 1.54) is 10.8 Å². The molecule has 8 nitrogen and oxygen atoms in total. The van der Waals surface area contributed by atoms with Gasteiger partial charge in [-0.1, -0.05) is 15.9 Å². The molecule has 0 aromatic carbocycles. The van der Waals surface area contributed by atoms with Crippen molar-refractivity contribution in [1.29, 1.82) is 0 Å². The summed E-state index contributed by atoms with van der Waals surface area (Å²) in [6.45, 7) is 1.30. The number of carbonyl (C=O) groups excluding carboxylic acids is 1. The number of hydrogen-bond donors (Lipinski definition) is 3. The summed E-state index contributed by atoms with van der Waals surface area (Å²) in [5, 5.41) is 12.2. The molecular formula is C12H16BrN3O5. The molecule has 1 saturated heterocycles. The van der Waals surface area contributed by atoms with Crippen LogP contribution in [0.3, 0.4) is 0 Å². The Hall–Kier alpha value is -1.45. The number of nitrogens with one attached hydrogen (secondary N) is 2. The van der Waals surface area contributed by atoms with E-state index < -0.39 is 29.6 Å². The minimum absolute atomic E-state index is 0.143. The van der Waals surface area contributed by atoms with E-state index in [1.807, 2.05) is 0 Å². The summed E-state index contributed by atoms with van der Waals surface area (Å²) in [4.78, 5) is 36.8. The Balaban J connectivity index is 2.23. The maximum absolute atomic E-state index is 11.8. The van der Waals surface area contributed by atoms with Crippen molar-refractivity contribution in [2.75, 3.05) is 11.9 Å². The lowest BCUT2D eigenvalue weighted by Gasteiger charge is -2.16. The molecule has 0 bridgehead atoms. The summed E-state index contributed by atoms with van der Waals surface area (Å²) < 4.78 is 6.85. The van der Waals surface area contributed by atoms with E-state index in [9.17, 15) is 19.5 Å². The molecule has 21 heavy (non-hydrogen) atoms. The number of aryl methyl sites for hydroxylation is 1. The average molecular weight is 362 g/mol. The van der Waals surface area contributed by atoms with Crippen LogP contribution in [0, 0.1) is 6.92 Å². The quantitative estimate of drug-likeness (QED) is 0.595. The number of halogens is 1. The van der Waals surface area contributed by atoms with Crippen molar-refractivity contribution in [3.63, 3.8) is 0 Å². The Bertz CT molecular complexity index is 641. The topological polar surface area (TPSA) is 113 Å².